The minimum atomic E-state index is -5.08. The highest BCUT2D eigenvalue weighted by Crippen LogP contribution is 2.36. The van der Waals surface area contributed by atoms with Crippen molar-refractivity contribution in [2.75, 3.05) is 31.2 Å². The van der Waals surface area contributed by atoms with Gasteiger partial charge in [-0.1, -0.05) is 30.3 Å². The minimum absolute atomic E-state index is 0.0808. The Morgan fingerprint density at radius 2 is 1.64 bits per heavy atom. The summed E-state index contributed by atoms with van der Waals surface area (Å²) in [5, 5.41) is 15.2. The number of carboxylic acid groups (broad SMARTS) is 1. The Labute approximate surface area is 238 Å². The number of amides is 2. The monoisotopic (exact) mass is 592 g/mol. The van der Waals surface area contributed by atoms with E-state index in [2.05, 4.69) is 15.5 Å². The zero-order valence-electron chi connectivity index (χ0n) is 22.5. The fourth-order valence-electron chi connectivity index (χ4n) is 5.25. The summed E-state index contributed by atoms with van der Waals surface area (Å²) in [5.41, 5.74) is 0.336. The third-order valence-corrected chi connectivity index (χ3v) is 7.40. The zero-order chi connectivity index (χ0) is 30.7. The van der Waals surface area contributed by atoms with E-state index in [0.717, 1.165) is 22.9 Å². The maximum atomic E-state index is 13.8. The number of nitrogens with zero attached hydrogens (tertiary/aromatic N) is 2. The Hall–Kier alpha value is -4.26. The number of nitrogens with one attached hydrogen (secondary N) is 2. The number of carbonyl (C=O) groups is 3. The van der Waals surface area contributed by atoms with Gasteiger partial charge in [0.15, 0.2) is 11.6 Å². The molecule has 8 nitrogen and oxygen atoms in total. The van der Waals surface area contributed by atoms with Crippen LogP contribution in [0.25, 0.3) is 10.8 Å². The molecule has 5 rings (SSSR count). The summed E-state index contributed by atoms with van der Waals surface area (Å²) in [6, 6.07) is 17.3. The highest BCUT2D eigenvalue weighted by Gasteiger charge is 2.50. The van der Waals surface area contributed by atoms with Gasteiger partial charge in [0.1, 0.15) is 5.54 Å². The Morgan fingerprint density at radius 1 is 1.00 bits per heavy atom. The normalized spacial score (nSPS) is 17.4. The largest absolute Gasteiger partial charge is 0.490 e. The summed E-state index contributed by atoms with van der Waals surface area (Å²) in [5.74, 6) is -4.79. The quantitative estimate of drug-likeness (QED) is 0.382. The van der Waals surface area contributed by atoms with E-state index in [0.29, 0.717) is 43.7 Å². The molecule has 42 heavy (non-hydrogen) atoms. The molecule has 3 aromatic carbocycles. The van der Waals surface area contributed by atoms with Crippen LogP contribution < -0.4 is 15.5 Å². The Kier molecular flexibility index (Phi) is 9.00. The number of fused-ring (bicyclic) bond motifs is 1. The van der Waals surface area contributed by atoms with Gasteiger partial charge in [0.05, 0.1) is 6.67 Å². The number of benzene rings is 3. The lowest BCUT2D eigenvalue weighted by Gasteiger charge is -2.43. The number of halogens is 5. The van der Waals surface area contributed by atoms with Crippen molar-refractivity contribution in [2.24, 2.45) is 0 Å². The van der Waals surface area contributed by atoms with Crippen molar-refractivity contribution >= 4 is 34.2 Å². The molecule has 1 spiro atoms. The average molecular weight is 593 g/mol. The number of carboxylic acids is 1. The van der Waals surface area contributed by atoms with Crippen molar-refractivity contribution in [3.05, 3.63) is 77.9 Å². The van der Waals surface area contributed by atoms with E-state index in [1.54, 1.807) is 0 Å². The minimum Gasteiger partial charge on any atom is -0.475 e. The second kappa shape index (κ2) is 12.3. The molecule has 224 valence electrons. The highest BCUT2D eigenvalue weighted by molar-refractivity contribution is 5.98. The van der Waals surface area contributed by atoms with Crippen LogP contribution in [0.15, 0.2) is 60.7 Å². The lowest BCUT2D eigenvalue weighted by atomic mass is 9.85. The molecule has 0 unspecified atom stereocenters. The molecule has 2 fully saturated rings. The lowest BCUT2D eigenvalue weighted by molar-refractivity contribution is -0.192. The van der Waals surface area contributed by atoms with Crippen LogP contribution in [-0.4, -0.2) is 71.9 Å². The second-order valence-electron chi connectivity index (χ2n) is 10.3. The van der Waals surface area contributed by atoms with Gasteiger partial charge in [0, 0.05) is 43.0 Å². The van der Waals surface area contributed by atoms with E-state index in [9.17, 15) is 31.5 Å². The number of hydrogen-bond acceptors (Lipinski definition) is 5. The van der Waals surface area contributed by atoms with Crippen molar-refractivity contribution < 1.29 is 41.4 Å². The number of piperidine rings is 1. The van der Waals surface area contributed by atoms with Crippen molar-refractivity contribution in [3.63, 3.8) is 0 Å². The first kappa shape index (κ1) is 30.7. The summed E-state index contributed by atoms with van der Waals surface area (Å²) in [4.78, 5) is 38.6. The molecular weight excluding hydrogens is 563 g/mol. The first-order valence-electron chi connectivity index (χ1n) is 13.1. The van der Waals surface area contributed by atoms with Crippen LogP contribution in [-0.2, 0) is 9.59 Å². The van der Waals surface area contributed by atoms with Gasteiger partial charge in [-0.25, -0.2) is 13.6 Å². The van der Waals surface area contributed by atoms with Crippen LogP contribution in [0.1, 0.15) is 30.1 Å². The van der Waals surface area contributed by atoms with E-state index < -0.39 is 29.3 Å². The molecule has 2 amide bonds. The molecular formula is C29H29F5N4O4. The fourth-order valence-corrected chi connectivity index (χ4v) is 5.25. The Balaban J connectivity index is 0.000000517. The van der Waals surface area contributed by atoms with Crippen LogP contribution in [0.2, 0.25) is 0 Å². The summed E-state index contributed by atoms with van der Waals surface area (Å²) < 4.78 is 59.0. The number of hydrogen-bond donors (Lipinski definition) is 3. The molecule has 0 radical (unpaired) electrons. The summed E-state index contributed by atoms with van der Waals surface area (Å²) in [6.45, 7) is 4.21. The molecule has 2 saturated heterocycles. The van der Waals surface area contributed by atoms with Crippen LogP contribution in [0.3, 0.4) is 0 Å². The maximum Gasteiger partial charge on any atom is 0.490 e. The number of alkyl halides is 3. The molecule has 0 bridgehead atoms. The van der Waals surface area contributed by atoms with Crippen molar-refractivity contribution in [1.29, 1.82) is 0 Å². The standard InChI is InChI=1S/C27H28F2N4O2.C2HF3O2/c1-18(31-25(34)21-7-6-19-4-2-3-5-20(19)14-21)16-32-12-10-27(11-13-32)26(35)30-17-33(27)22-8-9-23(28)24(29)15-22;3-2(4,5)1(6)7/h2-9,14-15,18H,10-13,16-17H2,1H3,(H,30,35)(H,31,34);(H,6,7)/t18-;/m0./s1. The predicted molar refractivity (Wildman–Crippen MR) is 145 cm³/mol. The molecule has 2 aliphatic rings. The summed E-state index contributed by atoms with van der Waals surface area (Å²) in [7, 11) is 0. The van der Waals surface area contributed by atoms with Gasteiger partial charge in [0.25, 0.3) is 5.91 Å². The van der Waals surface area contributed by atoms with Gasteiger partial charge in [-0.15, -0.1) is 0 Å². The smallest absolute Gasteiger partial charge is 0.475 e. The van der Waals surface area contributed by atoms with Crippen LogP contribution in [0, 0.1) is 11.6 Å². The van der Waals surface area contributed by atoms with Gasteiger partial charge >= 0.3 is 12.1 Å². The molecule has 3 N–H and O–H groups in total. The predicted octanol–water partition coefficient (Wildman–Crippen LogP) is 4.30. The number of carbonyl (C=O) groups excluding carboxylic acids is 2. The Bertz CT molecular complexity index is 1470. The molecule has 0 saturated carbocycles. The molecule has 0 aliphatic carbocycles. The third-order valence-electron chi connectivity index (χ3n) is 7.40. The molecule has 2 heterocycles. The van der Waals surface area contributed by atoms with Crippen molar-refractivity contribution in [2.45, 2.75) is 37.5 Å². The first-order valence-corrected chi connectivity index (χ1v) is 13.1. The van der Waals surface area contributed by atoms with E-state index in [-0.39, 0.29) is 24.5 Å². The molecule has 13 heteroatoms. The lowest BCUT2D eigenvalue weighted by Crippen LogP contribution is -2.57. The first-order chi connectivity index (χ1) is 19.8. The zero-order valence-corrected chi connectivity index (χ0v) is 22.5. The van der Waals surface area contributed by atoms with E-state index in [4.69, 9.17) is 9.90 Å². The number of likely N-dealkylation sites (tertiary alicyclic amines) is 1. The molecule has 2 aliphatic heterocycles. The van der Waals surface area contributed by atoms with Crippen LogP contribution in [0.4, 0.5) is 27.6 Å². The molecule has 0 aromatic heterocycles. The van der Waals surface area contributed by atoms with E-state index in [1.807, 2.05) is 54.3 Å². The van der Waals surface area contributed by atoms with Crippen molar-refractivity contribution in [1.82, 2.24) is 15.5 Å². The average Bonchev–Trinajstić information content (AvgIpc) is 3.26. The van der Waals surface area contributed by atoms with Crippen molar-refractivity contribution in [3.8, 4) is 0 Å². The van der Waals surface area contributed by atoms with Gasteiger partial charge in [0.2, 0.25) is 5.91 Å². The number of aliphatic carboxylic acids is 1. The number of rotatable bonds is 5. The van der Waals surface area contributed by atoms with Crippen LogP contribution >= 0.6 is 0 Å². The summed E-state index contributed by atoms with van der Waals surface area (Å²) >= 11 is 0. The highest BCUT2D eigenvalue weighted by atomic mass is 19.4. The Morgan fingerprint density at radius 3 is 2.26 bits per heavy atom. The van der Waals surface area contributed by atoms with E-state index >= 15 is 0 Å². The fraction of sp³-hybridized carbons (Fsp3) is 0.345. The van der Waals surface area contributed by atoms with E-state index in [1.165, 1.54) is 6.07 Å². The second-order valence-corrected chi connectivity index (χ2v) is 10.3. The summed E-state index contributed by atoms with van der Waals surface area (Å²) in [6.07, 6.45) is -3.97. The van der Waals surface area contributed by atoms with Gasteiger partial charge in [-0.05, 0) is 54.8 Å². The van der Waals surface area contributed by atoms with Gasteiger partial charge < -0.3 is 25.5 Å². The molecule has 1 atom stereocenters. The topological polar surface area (TPSA) is 102 Å². The van der Waals surface area contributed by atoms with Gasteiger partial charge in [-0.2, -0.15) is 13.2 Å². The number of anilines is 1. The van der Waals surface area contributed by atoms with Gasteiger partial charge in [-0.3, -0.25) is 9.59 Å². The van der Waals surface area contributed by atoms with Crippen LogP contribution in [0.5, 0.6) is 0 Å². The maximum absolute atomic E-state index is 13.8. The third kappa shape index (κ3) is 6.78. The SMILES string of the molecule is C[C@@H](CN1CCC2(CC1)C(=O)NCN2c1ccc(F)c(F)c1)NC(=O)c1ccc2ccccc2c1.O=C(O)C(F)(F)F. The molecule has 3 aromatic rings.